The number of carbonyl (C=O) groups excluding carboxylic acids is 2. The van der Waals surface area contributed by atoms with Crippen LogP contribution in [0.2, 0.25) is 0 Å². The Bertz CT molecular complexity index is 1010. The normalized spacial score (nSPS) is 11.0. The van der Waals surface area contributed by atoms with E-state index in [4.69, 9.17) is 12.2 Å². The van der Waals surface area contributed by atoms with Crippen molar-refractivity contribution in [1.82, 2.24) is 5.32 Å². The van der Waals surface area contributed by atoms with E-state index in [-0.39, 0.29) is 40.3 Å². The first-order valence-corrected chi connectivity index (χ1v) is 11.1. The van der Waals surface area contributed by atoms with Gasteiger partial charge in [0.05, 0.1) is 10.6 Å². The van der Waals surface area contributed by atoms with Gasteiger partial charge in [0.15, 0.2) is 14.9 Å². The lowest BCUT2D eigenvalue weighted by Crippen LogP contribution is -2.34. The molecule has 0 aliphatic carbocycles. The van der Waals surface area contributed by atoms with E-state index in [9.17, 15) is 18.0 Å². The summed E-state index contributed by atoms with van der Waals surface area (Å²) in [6.45, 7) is 5.29. The van der Waals surface area contributed by atoms with Crippen molar-refractivity contribution in [1.29, 1.82) is 0 Å². The molecule has 2 aromatic carbocycles. The van der Waals surface area contributed by atoms with Crippen LogP contribution in [0.3, 0.4) is 0 Å². The minimum absolute atomic E-state index is 0.0623. The van der Waals surface area contributed by atoms with Crippen LogP contribution >= 0.6 is 12.2 Å². The molecule has 0 fully saturated rings. The number of rotatable bonds is 7. The molecule has 2 aromatic rings. The van der Waals surface area contributed by atoms with Crippen LogP contribution in [0.1, 0.15) is 36.5 Å². The Morgan fingerprint density at radius 3 is 2.10 bits per heavy atom. The summed E-state index contributed by atoms with van der Waals surface area (Å²) in [5, 5.41) is 5.39. The van der Waals surface area contributed by atoms with E-state index in [0.29, 0.717) is 5.69 Å². The number of sulfone groups is 1. The van der Waals surface area contributed by atoms with Crippen molar-refractivity contribution in [3.05, 3.63) is 59.2 Å². The molecule has 0 aliphatic heterocycles. The standard InChI is InChI=1S/C21H24N2O4S2/c1-14-10-15(2)12-17(11-14)13-29(26,27)19-7-5-18(6-8-19)22-21(28)23-20(25)9-4-16(3)24/h5-8,10-12H,4,9,13H2,1-3H3,(H2,22,23,25,28). The van der Waals surface area contributed by atoms with Crippen molar-refractivity contribution in [3.63, 3.8) is 0 Å². The van der Waals surface area contributed by atoms with E-state index in [1.165, 1.54) is 19.1 Å². The lowest BCUT2D eigenvalue weighted by Gasteiger charge is -2.11. The molecular weight excluding hydrogens is 408 g/mol. The third-order valence-corrected chi connectivity index (χ3v) is 5.97. The molecule has 0 unspecified atom stereocenters. The molecule has 0 atom stereocenters. The molecule has 0 aromatic heterocycles. The Kier molecular flexibility index (Phi) is 7.64. The Morgan fingerprint density at radius 1 is 0.966 bits per heavy atom. The maximum Gasteiger partial charge on any atom is 0.226 e. The third kappa shape index (κ3) is 7.40. The number of amides is 1. The van der Waals surface area contributed by atoms with Gasteiger partial charge in [-0.2, -0.15) is 0 Å². The van der Waals surface area contributed by atoms with Crippen LogP contribution in [0.25, 0.3) is 0 Å². The van der Waals surface area contributed by atoms with Crippen molar-refractivity contribution < 1.29 is 18.0 Å². The van der Waals surface area contributed by atoms with Gasteiger partial charge in [-0.3, -0.25) is 4.79 Å². The Labute approximate surface area is 176 Å². The van der Waals surface area contributed by atoms with Gasteiger partial charge in [0, 0.05) is 18.5 Å². The highest BCUT2D eigenvalue weighted by Gasteiger charge is 2.16. The fourth-order valence-electron chi connectivity index (χ4n) is 2.84. The predicted molar refractivity (Wildman–Crippen MR) is 118 cm³/mol. The Hall–Kier alpha value is -2.58. The zero-order valence-corrected chi connectivity index (χ0v) is 18.2. The number of ketones is 1. The molecule has 0 spiro atoms. The van der Waals surface area contributed by atoms with Crippen LogP contribution in [-0.4, -0.2) is 25.2 Å². The minimum Gasteiger partial charge on any atom is -0.332 e. The molecule has 2 rings (SSSR count). The third-order valence-electron chi connectivity index (χ3n) is 4.07. The second-order valence-corrected chi connectivity index (χ2v) is 9.38. The number of thiocarbonyl (C=S) groups is 1. The first kappa shape index (κ1) is 22.7. The highest BCUT2D eigenvalue weighted by atomic mass is 32.2. The fourth-order valence-corrected chi connectivity index (χ4v) is 4.40. The van der Waals surface area contributed by atoms with Crippen molar-refractivity contribution in [2.24, 2.45) is 0 Å². The van der Waals surface area contributed by atoms with Crippen molar-refractivity contribution in [3.8, 4) is 0 Å². The SMILES string of the molecule is CC(=O)CCC(=O)NC(=S)Nc1ccc(S(=O)(=O)Cc2cc(C)cc(C)c2)cc1. The molecule has 0 saturated carbocycles. The molecular formula is C21H24N2O4S2. The van der Waals surface area contributed by atoms with Crippen LogP contribution in [0.15, 0.2) is 47.4 Å². The maximum absolute atomic E-state index is 12.7. The number of carbonyl (C=O) groups is 2. The summed E-state index contributed by atoms with van der Waals surface area (Å²) >= 11 is 5.06. The van der Waals surface area contributed by atoms with E-state index in [0.717, 1.165) is 16.7 Å². The van der Waals surface area contributed by atoms with Gasteiger partial charge in [0.25, 0.3) is 0 Å². The van der Waals surface area contributed by atoms with Crippen LogP contribution < -0.4 is 10.6 Å². The molecule has 0 heterocycles. The lowest BCUT2D eigenvalue weighted by molar-refractivity contribution is -0.123. The first-order valence-electron chi connectivity index (χ1n) is 9.05. The number of hydrogen-bond donors (Lipinski definition) is 2. The predicted octanol–water partition coefficient (Wildman–Crippen LogP) is 3.46. The van der Waals surface area contributed by atoms with E-state index in [1.807, 2.05) is 32.0 Å². The molecule has 0 radical (unpaired) electrons. The van der Waals surface area contributed by atoms with Gasteiger partial charge in [-0.25, -0.2) is 8.42 Å². The summed E-state index contributed by atoms with van der Waals surface area (Å²) in [7, 11) is -3.49. The number of hydrogen-bond acceptors (Lipinski definition) is 5. The number of benzene rings is 2. The Balaban J connectivity index is 2.00. The molecule has 29 heavy (non-hydrogen) atoms. The summed E-state index contributed by atoms with van der Waals surface area (Å²) in [5.74, 6) is -0.505. The van der Waals surface area contributed by atoms with E-state index < -0.39 is 9.84 Å². The smallest absolute Gasteiger partial charge is 0.226 e. The van der Waals surface area contributed by atoms with Crippen molar-refractivity contribution in [2.75, 3.05) is 5.32 Å². The summed E-state index contributed by atoms with van der Waals surface area (Å²) < 4.78 is 25.4. The van der Waals surface area contributed by atoms with Crippen molar-refractivity contribution >= 4 is 44.5 Å². The number of aryl methyl sites for hydroxylation is 2. The van der Waals surface area contributed by atoms with Gasteiger partial charge in [-0.1, -0.05) is 29.3 Å². The van der Waals surface area contributed by atoms with Gasteiger partial charge in [0.2, 0.25) is 5.91 Å². The van der Waals surface area contributed by atoms with Crippen LogP contribution in [0, 0.1) is 13.8 Å². The van der Waals surface area contributed by atoms with Gasteiger partial charge in [-0.05, 0) is 62.8 Å². The highest BCUT2D eigenvalue weighted by Crippen LogP contribution is 2.20. The monoisotopic (exact) mass is 432 g/mol. The highest BCUT2D eigenvalue weighted by molar-refractivity contribution is 7.90. The second-order valence-electron chi connectivity index (χ2n) is 6.98. The summed E-state index contributed by atoms with van der Waals surface area (Å²) in [5.41, 5.74) is 3.34. The molecule has 2 N–H and O–H groups in total. The van der Waals surface area contributed by atoms with Gasteiger partial charge < -0.3 is 15.4 Å². The quantitative estimate of drug-likeness (QED) is 0.651. The molecule has 0 aliphatic rings. The molecule has 0 saturated heterocycles. The second kappa shape index (κ2) is 9.76. The average Bonchev–Trinajstić information content (AvgIpc) is 2.59. The molecule has 6 nitrogen and oxygen atoms in total. The van der Waals surface area contributed by atoms with Gasteiger partial charge in [-0.15, -0.1) is 0 Å². The Morgan fingerprint density at radius 2 is 1.55 bits per heavy atom. The maximum atomic E-state index is 12.7. The first-order chi connectivity index (χ1) is 13.5. The summed E-state index contributed by atoms with van der Waals surface area (Å²) in [6.07, 6.45) is 0.217. The zero-order valence-electron chi connectivity index (χ0n) is 16.6. The topological polar surface area (TPSA) is 92.3 Å². The van der Waals surface area contributed by atoms with Gasteiger partial charge in [0.1, 0.15) is 5.78 Å². The molecule has 1 amide bonds. The molecule has 154 valence electrons. The number of nitrogens with one attached hydrogen (secondary N) is 2. The largest absolute Gasteiger partial charge is 0.332 e. The van der Waals surface area contributed by atoms with E-state index in [2.05, 4.69) is 10.6 Å². The van der Waals surface area contributed by atoms with E-state index >= 15 is 0 Å². The van der Waals surface area contributed by atoms with Crippen LogP contribution in [-0.2, 0) is 25.2 Å². The van der Waals surface area contributed by atoms with Crippen molar-refractivity contribution in [2.45, 2.75) is 44.3 Å². The van der Waals surface area contributed by atoms with Crippen LogP contribution in [0.4, 0.5) is 5.69 Å². The average molecular weight is 433 g/mol. The number of anilines is 1. The summed E-state index contributed by atoms with van der Waals surface area (Å²) in [6, 6.07) is 11.9. The lowest BCUT2D eigenvalue weighted by atomic mass is 10.1. The number of Topliss-reactive ketones (excluding diaryl/α,β-unsaturated/α-hetero) is 1. The minimum atomic E-state index is -3.49. The van der Waals surface area contributed by atoms with Gasteiger partial charge >= 0.3 is 0 Å². The van der Waals surface area contributed by atoms with E-state index in [1.54, 1.807) is 12.1 Å². The zero-order chi connectivity index (χ0) is 21.6. The molecule has 0 bridgehead atoms. The summed E-state index contributed by atoms with van der Waals surface area (Å²) in [4.78, 5) is 22.8. The molecule has 8 heteroatoms. The van der Waals surface area contributed by atoms with Crippen LogP contribution in [0.5, 0.6) is 0 Å². The fraction of sp³-hybridized carbons (Fsp3) is 0.286.